The highest BCUT2D eigenvalue weighted by Gasteiger charge is 2.07. The van der Waals surface area contributed by atoms with Crippen molar-refractivity contribution in [3.05, 3.63) is 36.3 Å². The topological polar surface area (TPSA) is 80.9 Å². The van der Waals surface area contributed by atoms with E-state index in [-0.39, 0.29) is 5.91 Å². The van der Waals surface area contributed by atoms with Crippen LogP contribution < -0.4 is 11.1 Å². The molecule has 0 saturated heterocycles. The molecule has 2 aromatic heterocycles. The van der Waals surface area contributed by atoms with Gasteiger partial charge < -0.3 is 5.73 Å². The molecule has 2 aromatic rings. The van der Waals surface area contributed by atoms with Gasteiger partial charge >= 0.3 is 0 Å². The van der Waals surface area contributed by atoms with Gasteiger partial charge in [-0.15, -0.1) is 0 Å². The first-order chi connectivity index (χ1) is 7.25. The summed E-state index contributed by atoms with van der Waals surface area (Å²) in [6.45, 7) is 0. The van der Waals surface area contributed by atoms with Gasteiger partial charge in [-0.3, -0.25) is 15.1 Å². The zero-order valence-electron chi connectivity index (χ0n) is 7.68. The van der Waals surface area contributed by atoms with E-state index in [0.29, 0.717) is 15.7 Å². The Labute approximate surface area is 90.0 Å². The van der Waals surface area contributed by atoms with E-state index in [4.69, 9.17) is 5.73 Å². The van der Waals surface area contributed by atoms with Crippen molar-refractivity contribution in [2.24, 2.45) is 0 Å². The van der Waals surface area contributed by atoms with Crippen molar-refractivity contribution in [2.45, 2.75) is 0 Å². The number of pyridine rings is 1. The summed E-state index contributed by atoms with van der Waals surface area (Å²) in [6.07, 6.45) is 4.61. The smallest absolute Gasteiger partial charge is 0.259 e. The zero-order valence-corrected chi connectivity index (χ0v) is 8.49. The minimum Gasteiger partial charge on any atom is -0.389 e. The molecular weight excluding hydrogens is 212 g/mol. The van der Waals surface area contributed by atoms with Gasteiger partial charge in [-0.1, -0.05) is 11.3 Å². The molecule has 2 heterocycles. The summed E-state index contributed by atoms with van der Waals surface area (Å²) in [4.78, 5) is 19.4. The summed E-state index contributed by atoms with van der Waals surface area (Å²) in [6, 6.07) is 3.38. The van der Waals surface area contributed by atoms with Gasteiger partial charge in [0, 0.05) is 12.4 Å². The fourth-order valence-electron chi connectivity index (χ4n) is 1.01. The van der Waals surface area contributed by atoms with Crippen molar-refractivity contribution in [2.75, 3.05) is 11.1 Å². The quantitative estimate of drug-likeness (QED) is 0.801. The maximum absolute atomic E-state index is 11.6. The van der Waals surface area contributed by atoms with Crippen LogP contribution in [0.25, 0.3) is 0 Å². The average molecular weight is 220 g/mol. The number of rotatable bonds is 2. The van der Waals surface area contributed by atoms with E-state index in [0.717, 1.165) is 0 Å². The largest absolute Gasteiger partial charge is 0.389 e. The Morgan fingerprint density at radius 2 is 2.33 bits per heavy atom. The van der Waals surface area contributed by atoms with Crippen LogP contribution in [0.15, 0.2) is 30.7 Å². The molecule has 0 saturated carbocycles. The van der Waals surface area contributed by atoms with Gasteiger partial charge in [0.15, 0.2) is 5.13 Å². The number of hydrogen-bond acceptors (Lipinski definition) is 5. The highest BCUT2D eigenvalue weighted by molar-refractivity contribution is 7.19. The van der Waals surface area contributed by atoms with E-state index < -0.39 is 0 Å². The van der Waals surface area contributed by atoms with E-state index in [2.05, 4.69) is 15.3 Å². The number of nitrogens with zero attached hydrogens (tertiary/aromatic N) is 2. The van der Waals surface area contributed by atoms with Crippen LogP contribution in [0.3, 0.4) is 0 Å². The summed E-state index contributed by atoms with van der Waals surface area (Å²) in [7, 11) is 0. The van der Waals surface area contributed by atoms with Gasteiger partial charge in [0.2, 0.25) is 0 Å². The van der Waals surface area contributed by atoms with Gasteiger partial charge in [0.25, 0.3) is 5.91 Å². The first-order valence-electron chi connectivity index (χ1n) is 4.18. The van der Waals surface area contributed by atoms with Crippen molar-refractivity contribution in [1.29, 1.82) is 0 Å². The van der Waals surface area contributed by atoms with E-state index in [1.165, 1.54) is 23.7 Å². The second kappa shape index (κ2) is 4.05. The second-order valence-electron chi connectivity index (χ2n) is 2.76. The molecule has 0 atom stereocenters. The predicted molar refractivity (Wildman–Crippen MR) is 58.7 cm³/mol. The SMILES string of the molecule is Nc1cnc(NC(=O)c2cccnc2)s1. The Hall–Kier alpha value is -1.95. The van der Waals surface area contributed by atoms with Gasteiger partial charge in [-0.25, -0.2) is 4.98 Å². The van der Waals surface area contributed by atoms with E-state index in [1.54, 1.807) is 18.3 Å². The second-order valence-corrected chi connectivity index (χ2v) is 3.83. The number of nitrogen functional groups attached to an aromatic ring is 1. The molecule has 0 aliphatic carbocycles. The van der Waals surface area contributed by atoms with Crippen molar-refractivity contribution in [3.8, 4) is 0 Å². The van der Waals surface area contributed by atoms with E-state index in [1.807, 2.05) is 0 Å². The van der Waals surface area contributed by atoms with Gasteiger partial charge in [-0.2, -0.15) is 0 Å². The fourth-order valence-corrected chi connectivity index (χ4v) is 1.59. The Morgan fingerprint density at radius 3 is 2.93 bits per heavy atom. The third kappa shape index (κ3) is 2.29. The highest BCUT2D eigenvalue weighted by Crippen LogP contribution is 2.19. The lowest BCUT2D eigenvalue weighted by Gasteiger charge is -1.99. The molecular formula is C9H8N4OS. The van der Waals surface area contributed by atoms with Crippen LogP contribution in [0.2, 0.25) is 0 Å². The minimum absolute atomic E-state index is 0.238. The highest BCUT2D eigenvalue weighted by atomic mass is 32.1. The van der Waals surface area contributed by atoms with Crippen LogP contribution in [0.5, 0.6) is 0 Å². The Balaban J connectivity index is 2.11. The molecule has 2 rings (SSSR count). The van der Waals surface area contributed by atoms with Crippen molar-refractivity contribution >= 4 is 27.4 Å². The van der Waals surface area contributed by atoms with Crippen LogP contribution in [-0.2, 0) is 0 Å². The molecule has 0 fully saturated rings. The van der Waals surface area contributed by atoms with Crippen LogP contribution in [0, 0.1) is 0 Å². The molecule has 5 nitrogen and oxygen atoms in total. The Morgan fingerprint density at radius 1 is 1.47 bits per heavy atom. The lowest BCUT2D eigenvalue weighted by molar-refractivity contribution is 0.102. The van der Waals surface area contributed by atoms with Crippen LogP contribution in [0.4, 0.5) is 10.1 Å². The number of aromatic nitrogens is 2. The van der Waals surface area contributed by atoms with Gasteiger partial charge in [0.1, 0.15) is 5.00 Å². The zero-order chi connectivity index (χ0) is 10.7. The molecule has 1 amide bonds. The number of nitrogens with two attached hydrogens (primary N) is 1. The number of nitrogens with one attached hydrogen (secondary N) is 1. The average Bonchev–Trinajstić information content (AvgIpc) is 2.65. The Bertz CT molecular complexity index is 468. The molecule has 0 spiro atoms. The fraction of sp³-hybridized carbons (Fsp3) is 0. The van der Waals surface area contributed by atoms with Gasteiger partial charge in [0.05, 0.1) is 11.8 Å². The van der Waals surface area contributed by atoms with E-state index >= 15 is 0 Å². The number of anilines is 2. The lowest BCUT2D eigenvalue weighted by atomic mass is 10.3. The molecule has 0 unspecified atom stereocenters. The molecule has 0 aromatic carbocycles. The number of carbonyl (C=O) groups is 1. The van der Waals surface area contributed by atoms with E-state index in [9.17, 15) is 4.79 Å². The number of carbonyl (C=O) groups excluding carboxylic acids is 1. The van der Waals surface area contributed by atoms with Gasteiger partial charge in [-0.05, 0) is 12.1 Å². The van der Waals surface area contributed by atoms with Crippen LogP contribution in [-0.4, -0.2) is 15.9 Å². The third-order valence-electron chi connectivity index (χ3n) is 1.67. The summed E-state index contributed by atoms with van der Waals surface area (Å²) in [5.74, 6) is -0.238. The molecule has 0 aliphatic rings. The molecule has 0 radical (unpaired) electrons. The standard InChI is InChI=1S/C9H8N4OS/c10-7-5-12-9(15-7)13-8(14)6-2-1-3-11-4-6/h1-5H,10H2,(H,12,13,14). The first-order valence-corrected chi connectivity index (χ1v) is 5.00. The third-order valence-corrected chi connectivity index (χ3v) is 2.41. The molecule has 76 valence electrons. The molecule has 6 heteroatoms. The first kappa shape index (κ1) is 9.60. The molecule has 15 heavy (non-hydrogen) atoms. The normalized spacial score (nSPS) is 9.87. The number of thiazole rings is 1. The number of amides is 1. The molecule has 0 aliphatic heterocycles. The number of hydrogen-bond donors (Lipinski definition) is 2. The maximum atomic E-state index is 11.6. The summed E-state index contributed by atoms with van der Waals surface area (Å²) < 4.78 is 0. The maximum Gasteiger partial charge on any atom is 0.259 e. The summed E-state index contributed by atoms with van der Waals surface area (Å²) >= 11 is 1.23. The minimum atomic E-state index is -0.238. The summed E-state index contributed by atoms with van der Waals surface area (Å²) in [5.41, 5.74) is 5.98. The summed E-state index contributed by atoms with van der Waals surface area (Å²) in [5, 5.41) is 3.68. The van der Waals surface area contributed by atoms with Crippen molar-refractivity contribution in [1.82, 2.24) is 9.97 Å². The monoisotopic (exact) mass is 220 g/mol. The lowest BCUT2D eigenvalue weighted by Crippen LogP contribution is -2.11. The van der Waals surface area contributed by atoms with Crippen LogP contribution in [0.1, 0.15) is 10.4 Å². The molecule has 0 bridgehead atoms. The predicted octanol–water partition coefficient (Wildman–Crippen LogP) is 1.37. The van der Waals surface area contributed by atoms with Crippen LogP contribution >= 0.6 is 11.3 Å². The van der Waals surface area contributed by atoms with Crippen molar-refractivity contribution < 1.29 is 4.79 Å². The Kier molecular flexibility index (Phi) is 2.59. The van der Waals surface area contributed by atoms with Crippen molar-refractivity contribution in [3.63, 3.8) is 0 Å². The molecule has 3 N–H and O–H groups in total.